The topological polar surface area (TPSA) is 49.7 Å². The first-order valence-electron chi connectivity index (χ1n) is 3.20. The number of rotatable bonds is 0. The number of aliphatic hydroxyl groups is 2. The van der Waals surface area contributed by atoms with Gasteiger partial charge in [-0.25, -0.2) is 0 Å². The molecule has 3 heteroatoms. The Balaban J connectivity index is 2.18. The van der Waals surface area contributed by atoms with E-state index in [9.17, 15) is 10.2 Å². The normalized spacial score (nSPS) is 63.7. The summed E-state index contributed by atoms with van der Waals surface area (Å²) in [6, 6.07) is 0. The molecule has 0 bridgehead atoms. The van der Waals surface area contributed by atoms with Crippen LogP contribution in [0.25, 0.3) is 0 Å². The lowest BCUT2D eigenvalue weighted by molar-refractivity contribution is -0.0191. The van der Waals surface area contributed by atoms with Crippen molar-refractivity contribution in [3.63, 3.8) is 0 Å². The molecule has 1 aliphatic heterocycles. The van der Waals surface area contributed by atoms with E-state index in [4.69, 9.17) is 4.74 Å². The maximum Gasteiger partial charge on any atom is 0.122 e. The van der Waals surface area contributed by atoms with Crippen LogP contribution in [0.15, 0.2) is 0 Å². The van der Waals surface area contributed by atoms with Gasteiger partial charge in [-0.2, -0.15) is 0 Å². The van der Waals surface area contributed by atoms with Crippen molar-refractivity contribution in [3.8, 4) is 0 Å². The first-order chi connectivity index (χ1) is 4.14. The molecule has 1 aliphatic carbocycles. The van der Waals surface area contributed by atoms with Gasteiger partial charge in [0.25, 0.3) is 0 Å². The van der Waals surface area contributed by atoms with Crippen molar-refractivity contribution >= 4 is 0 Å². The zero-order chi connectivity index (χ0) is 6.65. The number of hydrogen-bond donors (Lipinski definition) is 2. The highest BCUT2D eigenvalue weighted by atomic mass is 16.6. The molecular formula is C6H10O3. The van der Waals surface area contributed by atoms with Crippen LogP contribution >= 0.6 is 0 Å². The largest absolute Gasteiger partial charge is 0.387 e. The molecule has 0 aromatic rings. The first-order valence-corrected chi connectivity index (χ1v) is 3.20. The van der Waals surface area contributed by atoms with E-state index in [-0.39, 0.29) is 12.2 Å². The molecule has 3 nitrogen and oxygen atoms in total. The lowest BCUT2D eigenvalue weighted by atomic mass is 10.1. The Morgan fingerprint density at radius 2 is 2.33 bits per heavy atom. The van der Waals surface area contributed by atoms with Crippen LogP contribution in [0.5, 0.6) is 0 Å². The van der Waals surface area contributed by atoms with E-state index in [2.05, 4.69) is 0 Å². The third kappa shape index (κ3) is 0.520. The maximum absolute atomic E-state index is 9.33. The zero-order valence-corrected chi connectivity index (χ0v) is 5.24. The van der Waals surface area contributed by atoms with Crippen molar-refractivity contribution in [2.24, 2.45) is 0 Å². The van der Waals surface area contributed by atoms with Crippen LogP contribution < -0.4 is 0 Å². The highest BCUT2D eigenvalue weighted by Gasteiger charge is 2.66. The summed E-state index contributed by atoms with van der Waals surface area (Å²) in [5.41, 5.74) is -0.876. The van der Waals surface area contributed by atoms with Crippen molar-refractivity contribution in [2.75, 3.05) is 0 Å². The van der Waals surface area contributed by atoms with Crippen molar-refractivity contribution in [1.82, 2.24) is 0 Å². The standard InChI is InChI=1S/C6H10O3/c1-3-5(7)6(8)2-4(6)9-3/h3-5,7-8H,2H2,1H3/t3-,4+,5-,6+/m1/s1. The third-order valence-corrected chi connectivity index (χ3v) is 2.25. The van der Waals surface area contributed by atoms with Gasteiger partial charge in [-0.15, -0.1) is 0 Å². The SMILES string of the molecule is C[C@H]1O[C@H]2C[C@@]2(O)[C@@H]1O. The van der Waals surface area contributed by atoms with Gasteiger partial charge < -0.3 is 14.9 Å². The van der Waals surface area contributed by atoms with Crippen LogP contribution in [-0.2, 0) is 4.74 Å². The van der Waals surface area contributed by atoms with Gasteiger partial charge in [-0.3, -0.25) is 0 Å². The summed E-state index contributed by atoms with van der Waals surface area (Å²) in [4.78, 5) is 0. The van der Waals surface area contributed by atoms with Gasteiger partial charge in [0.1, 0.15) is 11.7 Å². The van der Waals surface area contributed by atoms with Crippen molar-refractivity contribution in [1.29, 1.82) is 0 Å². The van der Waals surface area contributed by atoms with Gasteiger partial charge in [0.2, 0.25) is 0 Å². The highest BCUT2D eigenvalue weighted by molar-refractivity contribution is 5.16. The molecule has 1 heterocycles. The summed E-state index contributed by atoms with van der Waals surface area (Å²) in [5.74, 6) is 0. The van der Waals surface area contributed by atoms with Crippen LogP contribution in [-0.4, -0.2) is 34.1 Å². The second kappa shape index (κ2) is 1.31. The van der Waals surface area contributed by atoms with Gasteiger partial charge in [0.05, 0.1) is 12.2 Å². The molecule has 2 aliphatic rings. The summed E-state index contributed by atoms with van der Waals surface area (Å²) in [5, 5.41) is 18.5. The molecule has 2 N–H and O–H groups in total. The van der Waals surface area contributed by atoms with Crippen LogP contribution in [0, 0.1) is 0 Å². The summed E-state index contributed by atoms with van der Waals surface area (Å²) < 4.78 is 5.15. The molecule has 0 radical (unpaired) electrons. The van der Waals surface area contributed by atoms with E-state index in [0.29, 0.717) is 6.42 Å². The molecule has 1 saturated carbocycles. The van der Waals surface area contributed by atoms with Crippen molar-refractivity contribution < 1.29 is 14.9 Å². The minimum atomic E-state index is -0.876. The Bertz CT molecular complexity index is 147. The second-order valence-electron chi connectivity index (χ2n) is 2.97. The first kappa shape index (κ1) is 5.65. The molecule has 0 unspecified atom stereocenters. The molecule has 2 rings (SSSR count). The molecule has 9 heavy (non-hydrogen) atoms. The number of ether oxygens (including phenoxy) is 1. The fourth-order valence-corrected chi connectivity index (χ4v) is 1.46. The molecule has 0 spiro atoms. The summed E-state index contributed by atoms with van der Waals surface area (Å²) in [6.45, 7) is 1.77. The number of aliphatic hydroxyl groups excluding tert-OH is 1. The van der Waals surface area contributed by atoms with E-state index < -0.39 is 11.7 Å². The smallest absolute Gasteiger partial charge is 0.122 e. The van der Waals surface area contributed by atoms with Gasteiger partial charge in [-0.1, -0.05) is 0 Å². The Hall–Kier alpha value is -0.120. The van der Waals surface area contributed by atoms with E-state index in [1.807, 2.05) is 0 Å². The van der Waals surface area contributed by atoms with Crippen LogP contribution in [0.2, 0.25) is 0 Å². The quantitative estimate of drug-likeness (QED) is 0.454. The second-order valence-corrected chi connectivity index (χ2v) is 2.97. The van der Waals surface area contributed by atoms with E-state index in [1.165, 1.54) is 0 Å². The lowest BCUT2D eigenvalue weighted by Gasteiger charge is -2.13. The Labute approximate surface area is 53.3 Å². The molecule has 2 fully saturated rings. The lowest BCUT2D eigenvalue weighted by Crippen LogP contribution is -2.32. The van der Waals surface area contributed by atoms with Crippen molar-refractivity contribution in [2.45, 2.75) is 37.3 Å². The average Bonchev–Trinajstić information content (AvgIpc) is 2.36. The predicted molar refractivity (Wildman–Crippen MR) is 29.9 cm³/mol. The van der Waals surface area contributed by atoms with Gasteiger partial charge in [0.15, 0.2) is 0 Å². The molecule has 0 aromatic heterocycles. The van der Waals surface area contributed by atoms with Crippen molar-refractivity contribution in [3.05, 3.63) is 0 Å². The van der Waals surface area contributed by atoms with E-state index in [0.717, 1.165) is 0 Å². The number of hydrogen-bond acceptors (Lipinski definition) is 3. The molecule has 0 amide bonds. The molecule has 1 saturated heterocycles. The van der Waals surface area contributed by atoms with Crippen LogP contribution in [0.1, 0.15) is 13.3 Å². The van der Waals surface area contributed by atoms with Gasteiger partial charge >= 0.3 is 0 Å². The minimum Gasteiger partial charge on any atom is -0.387 e. The van der Waals surface area contributed by atoms with Crippen LogP contribution in [0.3, 0.4) is 0 Å². The molecule has 0 aromatic carbocycles. The number of fused-ring (bicyclic) bond motifs is 1. The average molecular weight is 130 g/mol. The zero-order valence-electron chi connectivity index (χ0n) is 5.24. The summed E-state index contributed by atoms with van der Waals surface area (Å²) in [6.07, 6.45) is -0.322. The Morgan fingerprint density at radius 3 is 2.56 bits per heavy atom. The van der Waals surface area contributed by atoms with E-state index >= 15 is 0 Å². The fourth-order valence-electron chi connectivity index (χ4n) is 1.46. The fraction of sp³-hybridized carbons (Fsp3) is 1.00. The Kier molecular flexibility index (Phi) is 0.822. The minimum absolute atomic E-state index is 0.0810. The maximum atomic E-state index is 9.33. The predicted octanol–water partition coefficient (Wildman–Crippen LogP) is -0.731. The van der Waals surface area contributed by atoms with Gasteiger partial charge in [0, 0.05) is 6.42 Å². The molecule has 4 atom stereocenters. The molecule has 52 valence electrons. The summed E-state index contributed by atoms with van der Waals surface area (Å²) >= 11 is 0. The molecular weight excluding hydrogens is 120 g/mol. The van der Waals surface area contributed by atoms with Crippen LogP contribution in [0.4, 0.5) is 0 Å². The monoisotopic (exact) mass is 130 g/mol. The van der Waals surface area contributed by atoms with E-state index in [1.54, 1.807) is 6.92 Å². The summed E-state index contributed by atoms with van der Waals surface area (Å²) in [7, 11) is 0. The highest BCUT2D eigenvalue weighted by Crippen LogP contribution is 2.49. The third-order valence-electron chi connectivity index (χ3n) is 2.25. The van der Waals surface area contributed by atoms with Gasteiger partial charge in [-0.05, 0) is 6.92 Å². The Morgan fingerprint density at radius 1 is 1.67 bits per heavy atom.